The number of unbranched alkanes of at least 4 members (excludes halogenated alkanes) is 1. The van der Waals surface area contributed by atoms with Crippen LogP contribution in [-0.2, 0) is 16.0 Å². The normalized spacial score (nSPS) is 12.3. The third kappa shape index (κ3) is 4.87. The summed E-state index contributed by atoms with van der Waals surface area (Å²) in [5.74, 6) is -0.829. The smallest absolute Gasteiger partial charge is 0.333 e. The van der Waals surface area contributed by atoms with Crippen molar-refractivity contribution in [2.75, 3.05) is 6.61 Å². The Morgan fingerprint density at radius 1 is 1.47 bits per heavy atom. The molecule has 0 unspecified atom stereocenters. The van der Waals surface area contributed by atoms with Crippen LogP contribution in [0, 0.1) is 0 Å². The van der Waals surface area contributed by atoms with E-state index in [0.717, 1.165) is 18.4 Å². The van der Waals surface area contributed by atoms with Crippen molar-refractivity contribution in [3.63, 3.8) is 0 Å². The third-order valence-corrected chi connectivity index (χ3v) is 2.42. The molecule has 4 nitrogen and oxygen atoms in total. The van der Waals surface area contributed by atoms with Gasteiger partial charge < -0.3 is 14.9 Å². The summed E-state index contributed by atoms with van der Waals surface area (Å²) >= 11 is 0. The first kappa shape index (κ1) is 13.5. The molecule has 0 heterocycles. The molecule has 0 radical (unpaired) electrons. The topological polar surface area (TPSA) is 66.8 Å². The number of aromatic hydroxyl groups is 1. The Morgan fingerprint density at radius 2 is 2.24 bits per heavy atom. The molecular formula is C13H18O4. The standard InChI is InChI=1S/C13H18O4/c1-2-3-7-17-12(13(15)16)9-10-5-4-6-11(14)8-10/h4-6,8,12,14H,2-3,7,9H2,1H3,(H,15,16)/t12-/m0/s1. The molecule has 0 spiro atoms. The fourth-order valence-electron chi connectivity index (χ4n) is 1.48. The number of carbonyl (C=O) groups is 1. The van der Waals surface area contributed by atoms with Gasteiger partial charge in [0.05, 0.1) is 0 Å². The second-order valence-corrected chi connectivity index (χ2v) is 3.93. The van der Waals surface area contributed by atoms with Crippen LogP contribution in [0.25, 0.3) is 0 Å². The van der Waals surface area contributed by atoms with Gasteiger partial charge in [-0.05, 0) is 24.1 Å². The molecular weight excluding hydrogens is 220 g/mol. The van der Waals surface area contributed by atoms with Crippen LogP contribution < -0.4 is 0 Å². The van der Waals surface area contributed by atoms with E-state index in [-0.39, 0.29) is 12.2 Å². The molecule has 17 heavy (non-hydrogen) atoms. The Bertz CT molecular complexity index is 362. The maximum Gasteiger partial charge on any atom is 0.333 e. The Morgan fingerprint density at radius 3 is 2.82 bits per heavy atom. The van der Waals surface area contributed by atoms with Crippen molar-refractivity contribution in [3.8, 4) is 5.75 Å². The van der Waals surface area contributed by atoms with Crippen molar-refractivity contribution in [3.05, 3.63) is 29.8 Å². The van der Waals surface area contributed by atoms with E-state index in [4.69, 9.17) is 9.84 Å². The van der Waals surface area contributed by atoms with Crippen molar-refractivity contribution < 1.29 is 19.7 Å². The molecule has 1 aromatic carbocycles. The highest BCUT2D eigenvalue weighted by Gasteiger charge is 2.18. The summed E-state index contributed by atoms with van der Waals surface area (Å²) in [6.45, 7) is 2.47. The molecule has 0 amide bonds. The molecule has 1 rings (SSSR count). The predicted octanol–water partition coefficient (Wildman–Crippen LogP) is 2.20. The van der Waals surface area contributed by atoms with Crippen molar-refractivity contribution in [1.29, 1.82) is 0 Å². The minimum Gasteiger partial charge on any atom is -0.508 e. The van der Waals surface area contributed by atoms with Gasteiger partial charge in [0.1, 0.15) is 5.75 Å². The Kier molecular flexibility index (Phi) is 5.49. The quantitative estimate of drug-likeness (QED) is 0.715. The highest BCUT2D eigenvalue weighted by molar-refractivity contribution is 5.72. The van der Waals surface area contributed by atoms with Gasteiger partial charge in [-0.25, -0.2) is 4.79 Å². The predicted molar refractivity (Wildman–Crippen MR) is 64.1 cm³/mol. The number of ether oxygens (including phenoxy) is 1. The zero-order valence-electron chi connectivity index (χ0n) is 9.93. The minimum atomic E-state index is -0.968. The van der Waals surface area contributed by atoms with E-state index in [9.17, 15) is 9.90 Å². The fourth-order valence-corrected chi connectivity index (χ4v) is 1.48. The Hall–Kier alpha value is -1.55. The van der Waals surface area contributed by atoms with Crippen LogP contribution in [0.15, 0.2) is 24.3 Å². The van der Waals surface area contributed by atoms with Gasteiger partial charge in [0.15, 0.2) is 6.10 Å². The summed E-state index contributed by atoms with van der Waals surface area (Å²) in [5.41, 5.74) is 0.758. The maximum atomic E-state index is 11.0. The molecule has 0 fully saturated rings. The van der Waals surface area contributed by atoms with E-state index in [0.29, 0.717) is 6.61 Å². The second-order valence-electron chi connectivity index (χ2n) is 3.93. The number of hydrogen-bond acceptors (Lipinski definition) is 3. The maximum absolute atomic E-state index is 11.0. The molecule has 0 bridgehead atoms. The number of aliphatic carboxylic acids is 1. The lowest BCUT2D eigenvalue weighted by molar-refractivity contribution is -0.150. The summed E-state index contributed by atoms with van der Waals surface area (Å²) in [4.78, 5) is 11.0. The molecule has 0 aliphatic carbocycles. The summed E-state index contributed by atoms with van der Waals surface area (Å²) in [5, 5.41) is 18.3. The van der Waals surface area contributed by atoms with E-state index in [1.165, 1.54) is 0 Å². The van der Waals surface area contributed by atoms with Gasteiger partial charge in [0.25, 0.3) is 0 Å². The SMILES string of the molecule is CCCCO[C@@H](Cc1cccc(O)c1)C(=O)O. The Balaban J connectivity index is 2.57. The van der Waals surface area contributed by atoms with Gasteiger partial charge in [0.2, 0.25) is 0 Å². The molecule has 0 aliphatic heterocycles. The number of phenols is 1. The van der Waals surface area contributed by atoms with E-state index >= 15 is 0 Å². The lowest BCUT2D eigenvalue weighted by Crippen LogP contribution is -2.26. The third-order valence-electron chi connectivity index (χ3n) is 2.42. The van der Waals surface area contributed by atoms with Crippen LogP contribution in [-0.4, -0.2) is 28.9 Å². The summed E-state index contributed by atoms with van der Waals surface area (Å²) in [7, 11) is 0. The fraction of sp³-hybridized carbons (Fsp3) is 0.462. The van der Waals surface area contributed by atoms with Crippen LogP contribution >= 0.6 is 0 Å². The average molecular weight is 238 g/mol. The number of benzene rings is 1. The van der Waals surface area contributed by atoms with E-state index in [2.05, 4.69) is 0 Å². The second kappa shape index (κ2) is 6.91. The van der Waals surface area contributed by atoms with Crippen molar-refractivity contribution in [2.24, 2.45) is 0 Å². The van der Waals surface area contributed by atoms with Gasteiger partial charge in [-0.2, -0.15) is 0 Å². The zero-order chi connectivity index (χ0) is 12.7. The zero-order valence-corrected chi connectivity index (χ0v) is 9.93. The first-order valence-corrected chi connectivity index (χ1v) is 5.75. The lowest BCUT2D eigenvalue weighted by atomic mass is 10.1. The largest absolute Gasteiger partial charge is 0.508 e. The van der Waals surface area contributed by atoms with Crippen LogP contribution in [0.5, 0.6) is 5.75 Å². The summed E-state index contributed by atoms with van der Waals surface area (Å²) in [6, 6.07) is 6.57. The van der Waals surface area contributed by atoms with E-state index < -0.39 is 12.1 Å². The molecule has 1 atom stereocenters. The first-order valence-electron chi connectivity index (χ1n) is 5.75. The van der Waals surface area contributed by atoms with Gasteiger partial charge in [-0.3, -0.25) is 0 Å². The number of hydrogen-bond donors (Lipinski definition) is 2. The molecule has 4 heteroatoms. The van der Waals surface area contributed by atoms with Gasteiger partial charge in [-0.15, -0.1) is 0 Å². The van der Waals surface area contributed by atoms with E-state index in [1.807, 2.05) is 6.92 Å². The van der Waals surface area contributed by atoms with Crippen molar-refractivity contribution in [1.82, 2.24) is 0 Å². The van der Waals surface area contributed by atoms with Gasteiger partial charge in [0, 0.05) is 13.0 Å². The summed E-state index contributed by atoms with van der Waals surface area (Å²) in [6.07, 6.45) is 1.25. The molecule has 0 aromatic heterocycles. The van der Waals surface area contributed by atoms with E-state index in [1.54, 1.807) is 24.3 Å². The van der Waals surface area contributed by atoms with Crippen LogP contribution in [0.2, 0.25) is 0 Å². The number of phenolic OH excluding ortho intramolecular Hbond substituents is 1. The van der Waals surface area contributed by atoms with Gasteiger partial charge in [-0.1, -0.05) is 25.5 Å². The Labute approximate surface area is 101 Å². The molecule has 0 saturated carbocycles. The van der Waals surface area contributed by atoms with Crippen LogP contribution in [0.4, 0.5) is 0 Å². The highest BCUT2D eigenvalue weighted by atomic mass is 16.5. The monoisotopic (exact) mass is 238 g/mol. The van der Waals surface area contributed by atoms with Crippen LogP contribution in [0.3, 0.4) is 0 Å². The molecule has 94 valence electrons. The molecule has 0 aliphatic rings. The average Bonchev–Trinajstić information content (AvgIpc) is 2.28. The van der Waals surface area contributed by atoms with Crippen molar-refractivity contribution in [2.45, 2.75) is 32.3 Å². The van der Waals surface area contributed by atoms with Crippen molar-refractivity contribution >= 4 is 5.97 Å². The van der Waals surface area contributed by atoms with Gasteiger partial charge >= 0.3 is 5.97 Å². The summed E-state index contributed by atoms with van der Waals surface area (Å²) < 4.78 is 5.31. The molecule has 0 saturated heterocycles. The molecule has 1 aromatic rings. The number of carboxylic acid groups (broad SMARTS) is 1. The molecule has 2 N–H and O–H groups in total. The van der Waals surface area contributed by atoms with Crippen LogP contribution in [0.1, 0.15) is 25.3 Å². The number of carboxylic acids is 1. The lowest BCUT2D eigenvalue weighted by Gasteiger charge is -2.13. The first-order chi connectivity index (χ1) is 8.13. The minimum absolute atomic E-state index is 0.139. The number of rotatable bonds is 7. The highest BCUT2D eigenvalue weighted by Crippen LogP contribution is 2.14.